The van der Waals surface area contributed by atoms with Crippen molar-refractivity contribution >= 4 is 27.3 Å². The number of nitrogens with one attached hydrogen (secondary N) is 2. The fraction of sp³-hybridized carbons (Fsp3) is 0.296. The van der Waals surface area contributed by atoms with Crippen LogP contribution >= 0.6 is 0 Å². The Hall–Kier alpha value is -3.56. The number of likely N-dealkylation sites (tertiary alicyclic amines) is 1. The van der Waals surface area contributed by atoms with Crippen LogP contribution in [0.15, 0.2) is 71.6 Å². The first-order valence-electron chi connectivity index (χ1n) is 11.6. The first-order valence-corrected chi connectivity index (χ1v) is 13.1. The van der Waals surface area contributed by atoms with Crippen molar-refractivity contribution in [3.63, 3.8) is 0 Å². The van der Waals surface area contributed by atoms with Gasteiger partial charge in [-0.05, 0) is 55.8 Å². The molecule has 1 saturated heterocycles. The zero-order valence-electron chi connectivity index (χ0n) is 20.8. The van der Waals surface area contributed by atoms with E-state index in [1.165, 1.54) is 13.2 Å². The van der Waals surface area contributed by atoms with E-state index in [4.69, 9.17) is 9.47 Å². The summed E-state index contributed by atoms with van der Waals surface area (Å²) in [4.78, 5) is 15.1. The molecule has 2 N–H and O–H groups in total. The van der Waals surface area contributed by atoms with Crippen LogP contribution in [-0.2, 0) is 14.8 Å². The van der Waals surface area contributed by atoms with Crippen LogP contribution in [0, 0.1) is 13.8 Å². The van der Waals surface area contributed by atoms with Crippen molar-refractivity contribution < 1.29 is 22.7 Å². The van der Waals surface area contributed by atoms with Crippen LogP contribution in [0.2, 0.25) is 0 Å². The zero-order chi connectivity index (χ0) is 25.9. The lowest BCUT2D eigenvalue weighted by Crippen LogP contribution is -2.34. The van der Waals surface area contributed by atoms with Crippen LogP contribution in [0.1, 0.15) is 21.5 Å². The summed E-state index contributed by atoms with van der Waals surface area (Å²) < 4.78 is 39.4. The maximum absolute atomic E-state index is 13.2. The van der Waals surface area contributed by atoms with Gasteiger partial charge in [0.05, 0.1) is 24.9 Å². The lowest BCUT2D eigenvalue weighted by molar-refractivity contribution is 0.0719. The van der Waals surface area contributed by atoms with Crippen molar-refractivity contribution in [2.75, 3.05) is 37.3 Å². The SMILES string of the molecule is COc1ccccc1S(=O)(=O)Nc1cccc(NC2CN(C(=O)c3cc(C)ccc3C)CC2OC)c1. The van der Waals surface area contributed by atoms with E-state index in [1.54, 1.807) is 48.4 Å². The van der Waals surface area contributed by atoms with Gasteiger partial charge in [0.2, 0.25) is 0 Å². The van der Waals surface area contributed by atoms with Gasteiger partial charge in [-0.3, -0.25) is 9.52 Å². The van der Waals surface area contributed by atoms with Gasteiger partial charge < -0.3 is 19.7 Å². The lowest BCUT2D eigenvalue weighted by Gasteiger charge is -2.20. The first kappa shape index (κ1) is 25.5. The predicted molar refractivity (Wildman–Crippen MR) is 140 cm³/mol. The summed E-state index contributed by atoms with van der Waals surface area (Å²) >= 11 is 0. The number of hydrogen-bond donors (Lipinski definition) is 2. The summed E-state index contributed by atoms with van der Waals surface area (Å²) in [6, 6.07) is 19.2. The Bertz CT molecular complexity index is 1360. The van der Waals surface area contributed by atoms with Gasteiger partial charge in [0.15, 0.2) is 0 Å². The Morgan fingerprint density at radius 3 is 2.44 bits per heavy atom. The van der Waals surface area contributed by atoms with Gasteiger partial charge in [-0.15, -0.1) is 0 Å². The molecule has 190 valence electrons. The number of ether oxygens (including phenoxy) is 2. The lowest BCUT2D eigenvalue weighted by atomic mass is 10.0. The molecule has 36 heavy (non-hydrogen) atoms. The molecule has 3 aromatic rings. The van der Waals surface area contributed by atoms with Gasteiger partial charge in [-0.2, -0.15) is 0 Å². The van der Waals surface area contributed by atoms with Crippen molar-refractivity contribution in [3.05, 3.63) is 83.4 Å². The van der Waals surface area contributed by atoms with Crippen molar-refractivity contribution in [3.8, 4) is 5.75 Å². The largest absolute Gasteiger partial charge is 0.495 e. The highest BCUT2D eigenvalue weighted by Gasteiger charge is 2.36. The Labute approximate surface area is 212 Å². The van der Waals surface area contributed by atoms with E-state index < -0.39 is 10.0 Å². The highest BCUT2D eigenvalue weighted by Crippen LogP contribution is 2.27. The molecule has 1 amide bonds. The number of amides is 1. The van der Waals surface area contributed by atoms with Gasteiger partial charge in [0.1, 0.15) is 10.6 Å². The van der Waals surface area contributed by atoms with E-state index >= 15 is 0 Å². The van der Waals surface area contributed by atoms with Gasteiger partial charge in [-0.1, -0.05) is 35.9 Å². The van der Waals surface area contributed by atoms with E-state index in [0.717, 1.165) is 11.1 Å². The van der Waals surface area contributed by atoms with Crippen LogP contribution < -0.4 is 14.8 Å². The highest BCUT2D eigenvalue weighted by atomic mass is 32.2. The molecular weight excluding hydrogens is 478 g/mol. The average Bonchev–Trinajstić information content (AvgIpc) is 3.27. The summed E-state index contributed by atoms with van der Waals surface area (Å²) in [5, 5.41) is 3.41. The highest BCUT2D eigenvalue weighted by molar-refractivity contribution is 7.92. The molecule has 0 radical (unpaired) electrons. The molecule has 3 aromatic carbocycles. The molecule has 0 bridgehead atoms. The van der Waals surface area contributed by atoms with Gasteiger partial charge in [0, 0.05) is 31.5 Å². The molecule has 1 fully saturated rings. The van der Waals surface area contributed by atoms with E-state index in [2.05, 4.69) is 10.0 Å². The minimum atomic E-state index is -3.85. The topological polar surface area (TPSA) is 97.0 Å². The molecule has 1 aliphatic rings. The molecule has 8 nitrogen and oxygen atoms in total. The predicted octanol–water partition coefficient (Wildman–Crippen LogP) is 4.06. The summed E-state index contributed by atoms with van der Waals surface area (Å²) in [6.45, 7) is 4.82. The number of anilines is 2. The fourth-order valence-corrected chi connectivity index (χ4v) is 5.61. The third-order valence-corrected chi connectivity index (χ3v) is 7.73. The maximum Gasteiger partial charge on any atom is 0.265 e. The van der Waals surface area contributed by atoms with Gasteiger partial charge in [0.25, 0.3) is 15.9 Å². The number of carbonyl (C=O) groups excluding carboxylic acids is 1. The normalized spacial score (nSPS) is 17.6. The van der Waals surface area contributed by atoms with Crippen LogP contribution in [0.25, 0.3) is 0 Å². The Kier molecular flexibility index (Phi) is 7.51. The quantitative estimate of drug-likeness (QED) is 0.475. The molecule has 4 rings (SSSR count). The summed E-state index contributed by atoms with van der Waals surface area (Å²) in [5.41, 5.74) is 3.78. The van der Waals surface area contributed by atoms with Crippen molar-refractivity contribution in [2.45, 2.75) is 30.9 Å². The Morgan fingerprint density at radius 2 is 1.69 bits per heavy atom. The Balaban J connectivity index is 1.49. The number of aryl methyl sites for hydroxylation is 2. The molecule has 0 saturated carbocycles. The number of benzene rings is 3. The molecule has 2 unspecified atom stereocenters. The summed E-state index contributed by atoms with van der Waals surface area (Å²) in [7, 11) is -0.795. The molecule has 0 aromatic heterocycles. The number of carbonyl (C=O) groups is 1. The van der Waals surface area contributed by atoms with Crippen LogP contribution in [0.4, 0.5) is 11.4 Å². The molecule has 0 spiro atoms. The van der Waals surface area contributed by atoms with E-state index in [9.17, 15) is 13.2 Å². The van der Waals surface area contributed by atoms with Crippen LogP contribution in [-0.4, -0.2) is 58.7 Å². The van der Waals surface area contributed by atoms with Crippen molar-refractivity contribution in [2.24, 2.45) is 0 Å². The van der Waals surface area contributed by atoms with E-state index in [0.29, 0.717) is 30.0 Å². The second-order valence-corrected chi connectivity index (χ2v) is 10.5. The van der Waals surface area contributed by atoms with E-state index in [-0.39, 0.29) is 28.7 Å². The molecule has 1 heterocycles. The van der Waals surface area contributed by atoms with Crippen LogP contribution in [0.3, 0.4) is 0 Å². The van der Waals surface area contributed by atoms with Gasteiger partial charge >= 0.3 is 0 Å². The number of para-hydroxylation sites is 1. The molecule has 1 aliphatic heterocycles. The number of sulfonamides is 1. The number of hydrogen-bond acceptors (Lipinski definition) is 6. The molecule has 2 atom stereocenters. The number of methoxy groups -OCH3 is 2. The molecule has 0 aliphatic carbocycles. The molecular formula is C27H31N3O5S. The summed E-state index contributed by atoms with van der Waals surface area (Å²) in [5.74, 6) is 0.239. The van der Waals surface area contributed by atoms with Gasteiger partial charge in [-0.25, -0.2) is 8.42 Å². The average molecular weight is 510 g/mol. The maximum atomic E-state index is 13.2. The second kappa shape index (κ2) is 10.6. The smallest absolute Gasteiger partial charge is 0.265 e. The van der Waals surface area contributed by atoms with Crippen molar-refractivity contribution in [1.29, 1.82) is 0 Å². The van der Waals surface area contributed by atoms with Crippen molar-refractivity contribution in [1.82, 2.24) is 4.90 Å². The Morgan fingerprint density at radius 1 is 0.944 bits per heavy atom. The summed E-state index contributed by atoms with van der Waals surface area (Å²) in [6.07, 6.45) is -0.215. The zero-order valence-corrected chi connectivity index (χ0v) is 21.6. The van der Waals surface area contributed by atoms with Crippen LogP contribution in [0.5, 0.6) is 5.75 Å². The number of nitrogens with zero attached hydrogens (tertiary/aromatic N) is 1. The minimum Gasteiger partial charge on any atom is -0.495 e. The number of rotatable bonds is 8. The molecule has 9 heteroatoms. The standard InChI is InChI=1S/C27H31N3O5S/c1-18-12-13-19(2)22(14-18)27(31)30-16-23(25(17-30)35-4)28-20-8-7-9-21(15-20)29-36(32,33)26-11-6-5-10-24(26)34-3/h5-15,23,25,28-29H,16-17H2,1-4H3. The second-order valence-electron chi connectivity index (χ2n) is 8.89. The fourth-order valence-electron chi connectivity index (χ4n) is 4.39. The minimum absolute atomic E-state index is 0.0270. The van der Waals surface area contributed by atoms with E-state index in [1.807, 2.05) is 38.1 Å². The third kappa shape index (κ3) is 5.47. The monoisotopic (exact) mass is 509 g/mol. The first-order chi connectivity index (χ1) is 17.2. The third-order valence-electron chi connectivity index (χ3n) is 6.31.